The molecule has 4 rings (SSSR count). The number of fused-ring (bicyclic) bond motifs is 2. The third kappa shape index (κ3) is 10.8. The lowest BCUT2D eigenvalue weighted by Gasteiger charge is -2.50. The fraction of sp³-hybridized carbons (Fsp3) is 0.825. The van der Waals surface area contributed by atoms with E-state index in [1.54, 1.807) is 60.0 Å². The maximum Gasteiger partial charge on any atom is 0.306 e. The van der Waals surface area contributed by atoms with E-state index in [0.29, 0.717) is 12.8 Å². The van der Waals surface area contributed by atoms with E-state index in [0.717, 1.165) is 6.29 Å². The predicted molar refractivity (Wildman–Crippen MR) is 197 cm³/mol. The fourth-order valence-electron chi connectivity index (χ4n) is 8.65. The first-order valence-electron chi connectivity index (χ1n) is 19.5. The van der Waals surface area contributed by atoms with Crippen LogP contribution < -0.4 is 0 Å². The van der Waals surface area contributed by atoms with Crippen LogP contribution in [0.25, 0.3) is 0 Å². The van der Waals surface area contributed by atoms with E-state index in [9.17, 15) is 29.7 Å². The van der Waals surface area contributed by atoms with Crippen molar-refractivity contribution >= 4 is 18.2 Å². The number of aliphatic hydroxyl groups excluding tert-OH is 2. The van der Waals surface area contributed by atoms with Gasteiger partial charge in [-0.05, 0) is 66.0 Å². The summed E-state index contributed by atoms with van der Waals surface area (Å²) in [4.78, 5) is 40.3. The molecule has 3 N–H and O–H groups in total. The Labute approximate surface area is 320 Å². The molecule has 0 aromatic carbocycles. The number of rotatable bonds is 10. The highest BCUT2D eigenvalue weighted by Gasteiger charge is 2.56. The number of esters is 2. The van der Waals surface area contributed by atoms with Crippen LogP contribution in [0.2, 0.25) is 0 Å². The van der Waals surface area contributed by atoms with Crippen molar-refractivity contribution in [2.45, 2.75) is 160 Å². The summed E-state index contributed by atoms with van der Waals surface area (Å²) in [5, 5.41) is 34.4. The molecular formula is C40H65NO13. The van der Waals surface area contributed by atoms with Crippen LogP contribution in [0.3, 0.4) is 0 Å². The highest BCUT2D eigenvalue weighted by molar-refractivity contribution is 5.71. The molecule has 0 radical (unpaired) electrons. The topological polar surface area (TPSA) is 180 Å². The van der Waals surface area contributed by atoms with Crippen molar-refractivity contribution in [3.63, 3.8) is 0 Å². The Morgan fingerprint density at radius 3 is 2.35 bits per heavy atom. The molecule has 0 spiro atoms. The number of aliphatic hydroxyl groups is 3. The molecule has 54 heavy (non-hydrogen) atoms. The van der Waals surface area contributed by atoms with Gasteiger partial charge in [0.1, 0.15) is 30.2 Å². The third-order valence-electron chi connectivity index (χ3n) is 11.4. The average molecular weight is 768 g/mol. The summed E-state index contributed by atoms with van der Waals surface area (Å²) < 4.78 is 43.0. The van der Waals surface area contributed by atoms with E-state index < -0.39 is 109 Å². The molecule has 1 aliphatic carbocycles. The van der Waals surface area contributed by atoms with Gasteiger partial charge in [0.05, 0.1) is 43.0 Å². The molecule has 3 fully saturated rings. The number of allylic oxidation sites excluding steroid dienone is 2. The van der Waals surface area contributed by atoms with E-state index in [1.165, 1.54) is 7.11 Å². The van der Waals surface area contributed by atoms with Crippen LogP contribution in [0, 0.1) is 29.6 Å². The van der Waals surface area contributed by atoms with Crippen molar-refractivity contribution < 1.29 is 62.9 Å². The Hall–Kier alpha value is -2.27. The summed E-state index contributed by atoms with van der Waals surface area (Å²) in [7, 11) is 5.09. The number of carbonyl (C=O) groups is 3. The molecule has 3 heterocycles. The lowest BCUT2D eigenvalue weighted by Crippen LogP contribution is -2.65. The summed E-state index contributed by atoms with van der Waals surface area (Å²) in [6, 6.07) is -0.677. The normalized spacial score (nSPS) is 44.9. The lowest BCUT2D eigenvalue weighted by atomic mass is 9.81. The van der Waals surface area contributed by atoms with Crippen LogP contribution in [0.5, 0.6) is 0 Å². The van der Waals surface area contributed by atoms with Crippen LogP contribution in [0.1, 0.15) is 80.6 Å². The highest BCUT2D eigenvalue weighted by atomic mass is 16.7. The quantitative estimate of drug-likeness (QED) is 0.218. The minimum Gasteiger partial charge on any atom is -0.462 e. The van der Waals surface area contributed by atoms with Gasteiger partial charge in [-0.25, -0.2) is 0 Å². The maximum absolute atomic E-state index is 13.2. The van der Waals surface area contributed by atoms with Crippen molar-refractivity contribution in [1.29, 1.82) is 0 Å². The first kappa shape index (κ1) is 44.4. The summed E-state index contributed by atoms with van der Waals surface area (Å²) in [5.41, 5.74) is -1.46. The second-order valence-corrected chi connectivity index (χ2v) is 16.7. The van der Waals surface area contributed by atoms with Gasteiger partial charge in [-0.15, -0.1) is 0 Å². The smallest absolute Gasteiger partial charge is 0.306 e. The number of hydrogen-bond acceptors (Lipinski definition) is 14. The Balaban J connectivity index is 1.56. The maximum atomic E-state index is 13.2. The summed E-state index contributed by atoms with van der Waals surface area (Å²) >= 11 is 0. The molecule has 3 aliphatic heterocycles. The second-order valence-electron chi connectivity index (χ2n) is 16.7. The van der Waals surface area contributed by atoms with E-state index in [1.807, 2.05) is 31.7 Å². The molecule has 308 valence electrons. The van der Waals surface area contributed by atoms with Crippen molar-refractivity contribution in [3.05, 3.63) is 24.3 Å². The van der Waals surface area contributed by atoms with Gasteiger partial charge in [-0.2, -0.15) is 0 Å². The lowest BCUT2D eigenvalue weighted by molar-refractivity contribution is -0.341. The van der Waals surface area contributed by atoms with Crippen molar-refractivity contribution in [2.24, 2.45) is 29.6 Å². The predicted octanol–water partition coefficient (Wildman–Crippen LogP) is 2.94. The number of carbonyl (C=O) groups excluding carboxylic acids is 3. The number of hydrogen-bond donors (Lipinski definition) is 3. The zero-order valence-corrected chi connectivity index (χ0v) is 33.6. The van der Waals surface area contributed by atoms with E-state index in [-0.39, 0.29) is 31.1 Å². The SMILES string of the molecule is CO[C@H]1[C@@H]2CC(=O)O[C@H](C)C/C=C/C=C/[C@H](O)[C@H](C)C[C@H]([C@H]2C=O)[C@@H]1O[C@@H]1O[C@H](C)[C@@H](O[C@H]2C[C@@](C)(O)[C@@H](OC(=O)CC(C)C)[C@H](C)O2)[C@H](N(C)C)[C@H]1O. The minimum absolute atomic E-state index is 0.000820. The number of nitrogens with zero attached hydrogens (tertiary/aromatic N) is 1. The molecule has 1 saturated carbocycles. The van der Waals surface area contributed by atoms with Crippen molar-refractivity contribution in [2.75, 3.05) is 21.2 Å². The largest absolute Gasteiger partial charge is 0.462 e. The molecule has 0 aromatic rings. The fourth-order valence-corrected chi connectivity index (χ4v) is 8.65. The van der Waals surface area contributed by atoms with Gasteiger partial charge in [-0.1, -0.05) is 45.1 Å². The number of methoxy groups -OCH3 is 1. The average Bonchev–Trinajstić information content (AvgIpc) is 3.33. The van der Waals surface area contributed by atoms with Gasteiger partial charge in [0.15, 0.2) is 18.7 Å². The molecule has 2 saturated heterocycles. The Morgan fingerprint density at radius 2 is 1.74 bits per heavy atom. The standard InChI is InChI=1S/C40H65NO13/c1-21(2)16-30(44)52-38-25(6)50-32(19-40(38,7)47)53-35-24(5)51-39(34(46)33(35)41(8)9)54-37-26-17-22(3)29(43)15-13-11-12-14-23(4)49-31(45)18-27(28(26)20-42)36(37)48-10/h11-13,15,20-29,32-39,43,46-47H,14,16-19H2,1-10H3/b12-11+,15-13+/t22-,23-,24-,25+,26-,27-,28-,29+,32+,33-,34-,35-,36+,37+,38+,39+,40-/m1/s1. The number of cyclic esters (lactones) is 1. The zero-order valence-electron chi connectivity index (χ0n) is 33.6. The van der Waals surface area contributed by atoms with Gasteiger partial charge in [-0.3, -0.25) is 9.59 Å². The first-order chi connectivity index (χ1) is 25.4. The Morgan fingerprint density at radius 1 is 1.04 bits per heavy atom. The van der Waals surface area contributed by atoms with Gasteiger partial charge in [0.2, 0.25) is 0 Å². The van der Waals surface area contributed by atoms with Gasteiger partial charge in [0, 0.05) is 38.2 Å². The second kappa shape index (κ2) is 19.3. The van der Waals surface area contributed by atoms with Crippen LogP contribution in [-0.2, 0) is 47.5 Å². The monoisotopic (exact) mass is 767 g/mol. The van der Waals surface area contributed by atoms with Gasteiger partial charge < -0.3 is 58.2 Å². The van der Waals surface area contributed by atoms with Crippen LogP contribution in [0.15, 0.2) is 24.3 Å². The number of ether oxygens (including phenoxy) is 7. The van der Waals surface area contributed by atoms with Crippen molar-refractivity contribution in [3.8, 4) is 0 Å². The van der Waals surface area contributed by atoms with Crippen LogP contribution in [0.4, 0.5) is 0 Å². The Kier molecular flexibility index (Phi) is 15.8. The summed E-state index contributed by atoms with van der Waals surface area (Å²) in [6.45, 7) is 12.6. The summed E-state index contributed by atoms with van der Waals surface area (Å²) in [5.74, 6) is -2.83. The molecule has 17 atom stereocenters. The number of likely N-dealkylation sites (N-methyl/N-ethyl adjacent to an activating group) is 1. The molecular weight excluding hydrogens is 702 g/mol. The third-order valence-corrected chi connectivity index (χ3v) is 11.4. The molecule has 0 unspecified atom stereocenters. The molecule has 0 aromatic heterocycles. The summed E-state index contributed by atoms with van der Waals surface area (Å²) in [6.07, 6.45) is -0.173. The molecule has 4 aliphatic rings. The minimum atomic E-state index is -1.46. The van der Waals surface area contributed by atoms with E-state index >= 15 is 0 Å². The molecule has 14 nitrogen and oxygen atoms in total. The van der Waals surface area contributed by atoms with Gasteiger partial charge in [0.25, 0.3) is 0 Å². The van der Waals surface area contributed by atoms with Crippen LogP contribution >= 0.6 is 0 Å². The zero-order chi connectivity index (χ0) is 40.1. The van der Waals surface area contributed by atoms with E-state index in [2.05, 4.69) is 0 Å². The van der Waals surface area contributed by atoms with Gasteiger partial charge >= 0.3 is 11.9 Å². The highest BCUT2D eigenvalue weighted by Crippen LogP contribution is 2.47. The first-order valence-corrected chi connectivity index (χ1v) is 19.5. The number of aldehydes is 1. The van der Waals surface area contributed by atoms with E-state index in [4.69, 9.17) is 33.2 Å². The molecule has 14 heteroatoms. The molecule has 2 bridgehead atoms. The molecule has 0 amide bonds. The Bertz CT molecular complexity index is 1300. The van der Waals surface area contributed by atoms with Crippen molar-refractivity contribution in [1.82, 2.24) is 4.90 Å². The van der Waals surface area contributed by atoms with Crippen LogP contribution in [-0.4, -0.2) is 139 Å².